The highest BCUT2D eigenvalue weighted by Gasteiger charge is 2.12. The Morgan fingerprint density at radius 2 is 1.30 bits per heavy atom. The molecule has 0 heterocycles. The van der Waals surface area contributed by atoms with Gasteiger partial charge < -0.3 is 9.47 Å². The highest BCUT2D eigenvalue weighted by atomic mass is 16.5. The molecular formula is C23H20O4. The molecule has 0 radical (unpaired) electrons. The largest absolute Gasteiger partial charge is 0.466 e. The van der Waals surface area contributed by atoms with Crippen LogP contribution in [0.1, 0.15) is 23.7 Å². The van der Waals surface area contributed by atoms with Crippen molar-refractivity contribution in [2.75, 3.05) is 6.61 Å². The predicted molar refractivity (Wildman–Crippen MR) is 104 cm³/mol. The third-order valence-corrected chi connectivity index (χ3v) is 3.98. The number of carbonyl (C=O) groups excluding carboxylic acids is 2. The van der Waals surface area contributed by atoms with Crippen LogP contribution in [-0.2, 0) is 9.53 Å². The fraction of sp³-hybridized carbons (Fsp3) is 0.130. The maximum Gasteiger partial charge on any atom is 0.313 e. The van der Waals surface area contributed by atoms with Crippen molar-refractivity contribution in [3.8, 4) is 22.6 Å². The van der Waals surface area contributed by atoms with Gasteiger partial charge in [0.15, 0.2) is 5.78 Å². The summed E-state index contributed by atoms with van der Waals surface area (Å²) in [5, 5.41) is 0. The fourth-order valence-electron chi connectivity index (χ4n) is 2.63. The van der Waals surface area contributed by atoms with Crippen LogP contribution in [0.2, 0.25) is 0 Å². The van der Waals surface area contributed by atoms with Crippen LogP contribution in [0.5, 0.6) is 11.5 Å². The lowest BCUT2D eigenvalue weighted by Gasteiger charge is -2.07. The number of hydrogen-bond donors (Lipinski definition) is 0. The molecule has 0 atom stereocenters. The quantitative estimate of drug-likeness (QED) is 0.327. The Labute approximate surface area is 158 Å². The van der Waals surface area contributed by atoms with Gasteiger partial charge in [-0.15, -0.1) is 0 Å². The lowest BCUT2D eigenvalue weighted by molar-refractivity contribution is -0.141. The van der Waals surface area contributed by atoms with Crippen LogP contribution < -0.4 is 4.74 Å². The van der Waals surface area contributed by atoms with Gasteiger partial charge in [0.2, 0.25) is 0 Å². The third kappa shape index (κ3) is 5.05. The highest BCUT2D eigenvalue weighted by Crippen LogP contribution is 2.26. The van der Waals surface area contributed by atoms with Crippen molar-refractivity contribution in [3.05, 3.63) is 84.4 Å². The molecule has 0 unspecified atom stereocenters. The molecule has 0 spiro atoms. The summed E-state index contributed by atoms with van der Waals surface area (Å²) in [6.45, 7) is 1.99. The van der Waals surface area contributed by atoms with Crippen molar-refractivity contribution >= 4 is 11.8 Å². The smallest absolute Gasteiger partial charge is 0.313 e. The molecule has 27 heavy (non-hydrogen) atoms. The summed E-state index contributed by atoms with van der Waals surface area (Å²) < 4.78 is 10.6. The topological polar surface area (TPSA) is 52.6 Å². The number of esters is 1. The second kappa shape index (κ2) is 8.81. The number of rotatable bonds is 7. The molecule has 4 nitrogen and oxygen atoms in total. The van der Waals surface area contributed by atoms with Crippen molar-refractivity contribution in [1.29, 1.82) is 0 Å². The third-order valence-electron chi connectivity index (χ3n) is 3.98. The molecule has 0 amide bonds. The minimum absolute atomic E-state index is 0.237. The van der Waals surface area contributed by atoms with Crippen LogP contribution >= 0.6 is 0 Å². The van der Waals surface area contributed by atoms with Crippen LogP contribution in [0.3, 0.4) is 0 Å². The van der Waals surface area contributed by atoms with E-state index in [0.717, 1.165) is 22.6 Å². The normalized spacial score (nSPS) is 10.3. The van der Waals surface area contributed by atoms with Gasteiger partial charge in [-0.25, -0.2) is 0 Å². The average Bonchev–Trinajstić information content (AvgIpc) is 2.70. The molecule has 0 aliphatic heterocycles. The van der Waals surface area contributed by atoms with E-state index < -0.39 is 5.97 Å². The molecule has 136 valence electrons. The zero-order valence-electron chi connectivity index (χ0n) is 15.1. The molecule has 0 aliphatic rings. The molecule has 0 saturated carbocycles. The van der Waals surface area contributed by atoms with E-state index in [1.807, 2.05) is 66.7 Å². The molecule has 0 aromatic heterocycles. The van der Waals surface area contributed by atoms with Gasteiger partial charge in [0.1, 0.15) is 17.9 Å². The number of para-hydroxylation sites is 1. The summed E-state index contributed by atoms with van der Waals surface area (Å²) >= 11 is 0. The van der Waals surface area contributed by atoms with E-state index in [9.17, 15) is 9.59 Å². The van der Waals surface area contributed by atoms with Gasteiger partial charge >= 0.3 is 5.97 Å². The van der Waals surface area contributed by atoms with Gasteiger partial charge in [0.05, 0.1) is 6.61 Å². The van der Waals surface area contributed by atoms with E-state index in [-0.39, 0.29) is 18.8 Å². The molecular weight excluding hydrogens is 340 g/mol. The summed E-state index contributed by atoms with van der Waals surface area (Å²) in [6.07, 6.45) is -0.237. The fourth-order valence-corrected chi connectivity index (χ4v) is 2.63. The minimum atomic E-state index is -0.499. The van der Waals surface area contributed by atoms with E-state index in [1.165, 1.54) is 0 Å². The number of ketones is 1. The number of hydrogen-bond acceptors (Lipinski definition) is 4. The second-order valence-electron chi connectivity index (χ2n) is 5.92. The minimum Gasteiger partial charge on any atom is -0.466 e. The Morgan fingerprint density at radius 3 is 1.89 bits per heavy atom. The summed E-state index contributed by atoms with van der Waals surface area (Å²) in [5.41, 5.74) is 2.49. The molecule has 3 aromatic rings. The number of ether oxygens (including phenoxy) is 2. The van der Waals surface area contributed by atoms with Gasteiger partial charge in [0.25, 0.3) is 0 Å². The van der Waals surface area contributed by atoms with Crippen molar-refractivity contribution in [1.82, 2.24) is 0 Å². The zero-order chi connectivity index (χ0) is 19.1. The lowest BCUT2D eigenvalue weighted by Crippen LogP contribution is -2.11. The van der Waals surface area contributed by atoms with Crippen LogP contribution in [-0.4, -0.2) is 18.4 Å². The monoisotopic (exact) mass is 360 g/mol. The van der Waals surface area contributed by atoms with Crippen molar-refractivity contribution < 1.29 is 19.1 Å². The predicted octanol–water partition coefficient (Wildman–Crippen LogP) is 5.28. The Hall–Kier alpha value is -3.40. The zero-order valence-corrected chi connectivity index (χ0v) is 15.1. The first-order valence-electron chi connectivity index (χ1n) is 8.78. The summed E-state index contributed by atoms with van der Waals surface area (Å²) in [6, 6.07) is 24.5. The Morgan fingerprint density at radius 1 is 0.741 bits per heavy atom. The van der Waals surface area contributed by atoms with Gasteiger partial charge in [-0.1, -0.05) is 54.6 Å². The van der Waals surface area contributed by atoms with Crippen molar-refractivity contribution in [3.63, 3.8) is 0 Å². The first-order chi connectivity index (χ1) is 13.2. The van der Waals surface area contributed by atoms with Crippen LogP contribution in [0.25, 0.3) is 11.1 Å². The van der Waals surface area contributed by atoms with Crippen molar-refractivity contribution in [2.24, 2.45) is 0 Å². The molecule has 0 bridgehead atoms. The first-order valence-corrected chi connectivity index (χ1v) is 8.78. The standard InChI is InChI=1S/C23H20O4/c1-2-26-23(25)16-22(24)19-10-8-17(9-11-19)18-12-14-21(15-13-18)27-20-6-4-3-5-7-20/h3-15H,2,16H2,1H3. The number of benzene rings is 3. The van der Waals surface area contributed by atoms with E-state index in [1.54, 1.807) is 19.1 Å². The molecule has 0 aliphatic carbocycles. The van der Waals surface area contributed by atoms with E-state index >= 15 is 0 Å². The number of Topliss-reactive ketones (excluding diaryl/α,β-unsaturated/α-hetero) is 1. The van der Waals surface area contributed by atoms with Crippen molar-refractivity contribution in [2.45, 2.75) is 13.3 Å². The SMILES string of the molecule is CCOC(=O)CC(=O)c1ccc(-c2ccc(Oc3ccccc3)cc2)cc1. The number of carbonyl (C=O) groups is 2. The van der Waals surface area contributed by atoms with Crippen LogP contribution in [0, 0.1) is 0 Å². The van der Waals surface area contributed by atoms with Crippen LogP contribution in [0.4, 0.5) is 0 Å². The molecule has 0 saturated heterocycles. The Balaban J connectivity index is 1.66. The van der Waals surface area contributed by atoms with E-state index in [4.69, 9.17) is 9.47 Å². The summed E-state index contributed by atoms with van der Waals surface area (Å²) in [4.78, 5) is 23.5. The molecule has 3 aromatic carbocycles. The highest BCUT2D eigenvalue weighted by molar-refractivity contribution is 6.06. The molecule has 4 heteroatoms. The average molecular weight is 360 g/mol. The van der Waals surface area contributed by atoms with Gasteiger partial charge in [-0.2, -0.15) is 0 Å². The maximum absolute atomic E-state index is 12.1. The molecule has 3 rings (SSSR count). The van der Waals surface area contributed by atoms with Crippen LogP contribution in [0.15, 0.2) is 78.9 Å². The van der Waals surface area contributed by atoms with Gasteiger partial charge in [-0.3, -0.25) is 9.59 Å². The maximum atomic E-state index is 12.1. The van der Waals surface area contributed by atoms with E-state index in [2.05, 4.69) is 0 Å². The summed E-state index contributed by atoms with van der Waals surface area (Å²) in [7, 11) is 0. The molecule has 0 N–H and O–H groups in total. The Kier molecular flexibility index (Phi) is 6.00. The van der Waals surface area contributed by atoms with Gasteiger partial charge in [0, 0.05) is 5.56 Å². The Bertz CT molecular complexity index is 897. The summed E-state index contributed by atoms with van der Waals surface area (Å²) in [5.74, 6) is 0.799. The van der Waals surface area contributed by atoms with E-state index in [0.29, 0.717) is 5.56 Å². The first kappa shape index (κ1) is 18.4. The lowest BCUT2D eigenvalue weighted by atomic mass is 10.0. The van der Waals surface area contributed by atoms with Gasteiger partial charge in [-0.05, 0) is 42.3 Å². The molecule has 0 fully saturated rings. The second-order valence-corrected chi connectivity index (χ2v) is 5.92.